The van der Waals surface area contributed by atoms with E-state index in [0.29, 0.717) is 5.56 Å². The van der Waals surface area contributed by atoms with Crippen LogP contribution in [0, 0.1) is 36.4 Å². The third-order valence-electron chi connectivity index (χ3n) is 5.06. The van der Waals surface area contributed by atoms with E-state index in [0.717, 1.165) is 28.7 Å². The van der Waals surface area contributed by atoms with Gasteiger partial charge >= 0.3 is 0 Å². The molecule has 0 spiro atoms. The van der Waals surface area contributed by atoms with Crippen LogP contribution in [0.3, 0.4) is 0 Å². The van der Waals surface area contributed by atoms with E-state index in [-0.39, 0.29) is 5.69 Å². The van der Waals surface area contributed by atoms with Crippen molar-refractivity contribution in [3.05, 3.63) is 99.9 Å². The highest BCUT2D eigenvalue weighted by atomic mass is 32.1. The van der Waals surface area contributed by atoms with Crippen LogP contribution in [-0.4, -0.2) is 5.16 Å². The maximum absolute atomic E-state index is 13.9. The maximum Gasteiger partial charge on any atom is 0.150 e. The van der Waals surface area contributed by atoms with Crippen molar-refractivity contribution in [3.8, 4) is 23.7 Å². The molecule has 0 heterocycles. The Morgan fingerprint density at radius 2 is 1.47 bits per heavy atom. The van der Waals surface area contributed by atoms with Crippen molar-refractivity contribution in [2.75, 3.05) is 0 Å². The highest BCUT2D eigenvalue weighted by Gasteiger charge is 2.01. The minimum atomic E-state index is -0.467. The topological polar surface area (TPSA) is 12.4 Å². The Balaban J connectivity index is 1.70. The van der Waals surface area contributed by atoms with Gasteiger partial charge in [-0.05, 0) is 91.6 Å². The molecule has 0 aliphatic heterocycles. The molecule has 0 aliphatic rings. The number of halogens is 1. The molecule has 0 bridgehead atoms. The number of isothiocyanates is 1. The quantitative estimate of drug-likeness (QED) is 0.175. The molecule has 0 unspecified atom stereocenters. The van der Waals surface area contributed by atoms with Crippen molar-refractivity contribution < 1.29 is 4.39 Å². The second-order valence-electron chi connectivity index (χ2n) is 7.55. The van der Waals surface area contributed by atoms with Crippen LogP contribution in [0.5, 0.6) is 0 Å². The summed E-state index contributed by atoms with van der Waals surface area (Å²) in [5, 5.41) is 2.17. The normalized spacial score (nSPS) is 9.72. The predicted molar refractivity (Wildman–Crippen MR) is 134 cm³/mol. The van der Waals surface area contributed by atoms with E-state index in [1.807, 2.05) is 25.1 Å². The fourth-order valence-electron chi connectivity index (χ4n) is 3.22. The molecule has 0 saturated carbocycles. The molecule has 0 aromatic heterocycles. The summed E-state index contributed by atoms with van der Waals surface area (Å²) >= 11 is 4.51. The Labute approximate surface area is 195 Å². The lowest BCUT2D eigenvalue weighted by atomic mass is 10.0. The molecule has 3 aromatic rings. The summed E-state index contributed by atoms with van der Waals surface area (Å²) in [5.74, 6) is 12.1. The van der Waals surface area contributed by atoms with Crippen LogP contribution in [-0.2, 0) is 6.42 Å². The maximum atomic E-state index is 13.9. The number of benzene rings is 3. The lowest BCUT2D eigenvalue weighted by Crippen LogP contribution is -1.86. The number of aliphatic imine (C=N–C) groups is 1. The first kappa shape index (κ1) is 23.2. The summed E-state index contributed by atoms with van der Waals surface area (Å²) in [5.41, 5.74) is 5.96. The molecule has 0 atom stereocenters. The molecule has 3 rings (SSSR count). The number of hydrogen-bond acceptors (Lipinski definition) is 2. The minimum Gasteiger partial charge on any atom is -0.205 e. The molecule has 0 radical (unpaired) electrons. The van der Waals surface area contributed by atoms with Gasteiger partial charge < -0.3 is 0 Å². The van der Waals surface area contributed by atoms with Crippen molar-refractivity contribution in [2.24, 2.45) is 4.99 Å². The fourth-order valence-corrected chi connectivity index (χ4v) is 3.32. The smallest absolute Gasteiger partial charge is 0.150 e. The van der Waals surface area contributed by atoms with E-state index in [9.17, 15) is 4.39 Å². The van der Waals surface area contributed by atoms with E-state index in [4.69, 9.17) is 0 Å². The van der Waals surface area contributed by atoms with E-state index in [2.05, 4.69) is 77.2 Å². The summed E-state index contributed by atoms with van der Waals surface area (Å²) in [6, 6.07) is 19.0. The summed E-state index contributed by atoms with van der Waals surface area (Å²) < 4.78 is 13.9. The highest BCUT2D eigenvalue weighted by Crippen LogP contribution is 2.18. The number of hydrogen-bond donors (Lipinski definition) is 0. The molecule has 1 nitrogen and oxygen atoms in total. The van der Waals surface area contributed by atoms with Crippen LogP contribution >= 0.6 is 12.2 Å². The first-order valence-corrected chi connectivity index (χ1v) is 11.1. The summed E-state index contributed by atoms with van der Waals surface area (Å²) in [6.45, 7) is 4.22. The van der Waals surface area contributed by atoms with Gasteiger partial charge in [-0.15, -0.1) is 0 Å². The molecule has 32 heavy (non-hydrogen) atoms. The monoisotopic (exact) mass is 437 g/mol. The Morgan fingerprint density at radius 1 is 0.812 bits per heavy atom. The van der Waals surface area contributed by atoms with Crippen molar-refractivity contribution in [3.63, 3.8) is 0 Å². The number of thiocarbonyl (C=S) groups is 1. The summed E-state index contributed by atoms with van der Waals surface area (Å²) in [4.78, 5) is 3.68. The van der Waals surface area contributed by atoms with Gasteiger partial charge in [0.05, 0.1) is 5.16 Å². The van der Waals surface area contributed by atoms with Crippen molar-refractivity contribution in [2.45, 2.75) is 39.5 Å². The Morgan fingerprint density at radius 3 is 2.16 bits per heavy atom. The van der Waals surface area contributed by atoms with Gasteiger partial charge in [0, 0.05) is 22.3 Å². The molecule has 0 fully saturated rings. The van der Waals surface area contributed by atoms with Crippen LogP contribution < -0.4 is 0 Å². The zero-order chi connectivity index (χ0) is 22.8. The van der Waals surface area contributed by atoms with Gasteiger partial charge in [-0.2, -0.15) is 4.99 Å². The largest absolute Gasteiger partial charge is 0.205 e. The second-order valence-corrected chi connectivity index (χ2v) is 7.74. The number of nitrogens with zero attached hydrogens (tertiary/aromatic N) is 1. The van der Waals surface area contributed by atoms with E-state index < -0.39 is 5.82 Å². The van der Waals surface area contributed by atoms with Crippen molar-refractivity contribution in [1.29, 1.82) is 0 Å². The Hall–Kier alpha value is -3.49. The lowest BCUT2D eigenvalue weighted by Gasteiger charge is -2.01. The van der Waals surface area contributed by atoms with Gasteiger partial charge in [0.2, 0.25) is 0 Å². The van der Waals surface area contributed by atoms with Crippen molar-refractivity contribution >= 4 is 23.1 Å². The van der Waals surface area contributed by atoms with E-state index in [1.165, 1.54) is 30.9 Å². The van der Waals surface area contributed by atoms with E-state index in [1.54, 1.807) is 12.1 Å². The molecular formula is C29H24FNS. The van der Waals surface area contributed by atoms with Crippen LogP contribution in [0.2, 0.25) is 0 Å². The summed E-state index contributed by atoms with van der Waals surface area (Å²) in [7, 11) is 0. The molecule has 3 aromatic carbocycles. The van der Waals surface area contributed by atoms with Gasteiger partial charge in [-0.1, -0.05) is 55.6 Å². The molecule has 0 aliphatic carbocycles. The third-order valence-corrected chi connectivity index (χ3v) is 5.15. The van der Waals surface area contributed by atoms with Crippen LogP contribution in [0.4, 0.5) is 10.1 Å². The zero-order valence-corrected chi connectivity index (χ0v) is 19.2. The van der Waals surface area contributed by atoms with Gasteiger partial charge in [0.1, 0.15) is 5.69 Å². The Bertz CT molecular complexity index is 1260. The minimum absolute atomic E-state index is 0.163. The van der Waals surface area contributed by atoms with Gasteiger partial charge in [-0.25, -0.2) is 4.39 Å². The highest BCUT2D eigenvalue weighted by molar-refractivity contribution is 7.78. The predicted octanol–water partition coefficient (Wildman–Crippen LogP) is 7.40. The molecular weight excluding hydrogens is 413 g/mol. The fraction of sp³-hybridized carbons (Fsp3) is 0.207. The molecule has 3 heteroatoms. The molecule has 0 saturated heterocycles. The molecule has 158 valence electrons. The SMILES string of the molecule is CCCCCc1ccc(C#Cc2ccc(C#Cc3ccc(N=C=S)c(F)c3)c(C)c2)cc1. The van der Waals surface area contributed by atoms with E-state index >= 15 is 0 Å². The number of aryl methyl sites for hydroxylation is 2. The lowest BCUT2D eigenvalue weighted by molar-refractivity contribution is 0.629. The number of rotatable bonds is 5. The molecule has 0 amide bonds. The molecule has 0 N–H and O–H groups in total. The van der Waals surface area contributed by atoms with Crippen LogP contribution in [0.15, 0.2) is 65.7 Å². The van der Waals surface area contributed by atoms with Gasteiger partial charge in [-0.3, -0.25) is 0 Å². The second kappa shape index (κ2) is 11.8. The van der Waals surface area contributed by atoms with Gasteiger partial charge in [0.15, 0.2) is 5.82 Å². The zero-order valence-electron chi connectivity index (χ0n) is 18.3. The van der Waals surface area contributed by atoms with Crippen molar-refractivity contribution in [1.82, 2.24) is 0 Å². The summed E-state index contributed by atoms with van der Waals surface area (Å²) in [6.07, 6.45) is 4.87. The average Bonchev–Trinajstić information content (AvgIpc) is 2.80. The van der Waals surface area contributed by atoms with Crippen LogP contribution in [0.25, 0.3) is 0 Å². The van der Waals surface area contributed by atoms with Crippen LogP contribution in [0.1, 0.15) is 59.6 Å². The standard InChI is InChI=1S/C29H24FNS/c1-3-4-5-6-23-7-9-24(10-8-23)11-12-25-13-16-27(22(2)19-25)17-14-26-15-18-29(31-21-32)28(30)20-26/h7-10,13,15-16,18-20H,3-6H2,1-2H3. The average molecular weight is 438 g/mol. The Kier molecular flexibility index (Phi) is 8.53. The first-order chi connectivity index (χ1) is 15.6. The number of unbranched alkanes of at least 4 members (excludes halogenated alkanes) is 2. The third kappa shape index (κ3) is 6.76. The first-order valence-electron chi connectivity index (χ1n) is 10.7. The van der Waals surface area contributed by atoms with Gasteiger partial charge in [0.25, 0.3) is 0 Å².